The predicted molar refractivity (Wildman–Crippen MR) is 62.4 cm³/mol. The number of piperazine rings is 1. The molecule has 1 rings (SSSR count). The van der Waals surface area contributed by atoms with Crippen LogP contribution in [0.5, 0.6) is 0 Å². The molecule has 5 heteroatoms. The predicted octanol–water partition coefficient (Wildman–Crippen LogP) is 0.652. The van der Waals surface area contributed by atoms with Crippen LogP contribution < -0.4 is 5.32 Å². The first kappa shape index (κ1) is 14.7. The Balaban J connectivity index is 0.00000196. The van der Waals surface area contributed by atoms with Crippen molar-refractivity contribution >= 4 is 18.3 Å². The van der Waals surface area contributed by atoms with E-state index >= 15 is 0 Å². The smallest absolute Gasteiger partial charge is 0.251 e. The Hall–Kier alpha value is -0.320. The van der Waals surface area contributed by atoms with E-state index < -0.39 is 0 Å². The fourth-order valence-corrected chi connectivity index (χ4v) is 1.70. The number of hydrogen-bond acceptors (Lipinski definition) is 3. The Morgan fingerprint density at radius 3 is 2.67 bits per heavy atom. The lowest BCUT2D eigenvalue weighted by molar-refractivity contribution is -0.144. The third kappa shape index (κ3) is 3.33. The zero-order chi connectivity index (χ0) is 10.7. The number of hydrogen-bond donors (Lipinski definition) is 1. The van der Waals surface area contributed by atoms with Crippen LogP contribution in [0.25, 0.3) is 0 Å². The Morgan fingerprint density at radius 2 is 2.13 bits per heavy atom. The number of rotatable bonds is 2. The van der Waals surface area contributed by atoms with E-state index in [0.29, 0.717) is 6.04 Å². The first-order valence-corrected chi connectivity index (χ1v) is 5.14. The third-order valence-electron chi connectivity index (χ3n) is 3.02. The van der Waals surface area contributed by atoms with Crippen molar-refractivity contribution in [3.05, 3.63) is 0 Å². The van der Waals surface area contributed by atoms with Crippen molar-refractivity contribution in [3.8, 4) is 0 Å². The fraction of sp³-hybridized carbons (Fsp3) is 0.900. The van der Waals surface area contributed by atoms with Crippen LogP contribution in [0, 0.1) is 0 Å². The molecule has 90 valence electrons. The Morgan fingerprint density at radius 1 is 1.53 bits per heavy atom. The molecule has 3 atom stereocenters. The second-order valence-corrected chi connectivity index (χ2v) is 3.89. The van der Waals surface area contributed by atoms with E-state index in [1.165, 1.54) is 0 Å². The Labute approximate surface area is 97.8 Å². The van der Waals surface area contributed by atoms with Gasteiger partial charge in [-0.1, -0.05) is 0 Å². The minimum atomic E-state index is -0.331. The van der Waals surface area contributed by atoms with Crippen LogP contribution in [0.2, 0.25) is 0 Å². The lowest BCUT2D eigenvalue weighted by Crippen LogP contribution is -2.59. The van der Waals surface area contributed by atoms with E-state index in [0.717, 1.165) is 13.1 Å². The molecule has 1 aliphatic rings. The molecule has 0 aromatic heterocycles. The Kier molecular flexibility index (Phi) is 6.17. The lowest BCUT2D eigenvalue weighted by Gasteiger charge is -2.39. The maximum absolute atomic E-state index is 11.9. The number of halogens is 1. The molecular formula is C10H21ClN2O2. The summed E-state index contributed by atoms with van der Waals surface area (Å²) in [5, 5.41) is 3.34. The standard InChI is InChI=1S/C10H20N2O2.ClH/c1-7-8(2)12(6-5-11-7)10(13)9(3)14-4;/h7-9,11H,5-6H2,1-4H3;1H. The average Bonchev–Trinajstić information content (AvgIpc) is 2.20. The molecule has 1 N–H and O–H groups in total. The highest BCUT2D eigenvalue weighted by molar-refractivity contribution is 5.85. The van der Waals surface area contributed by atoms with Crippen LogP contribution in [0.15, 0.2) is 0 Å². The van der Waals surface area contributed by atoms with Gasteiger partial charge in [-0.15, -0.1) is 12.4 Å². The SMILES string of the molecule is COC(C)C(=O)N1CCNC(C)C1C.Cl. The van der Waals surface area contributed by atoms with Gasteiger partial charge >= 0.3 is 0 Å². The summed E-state index contributed by atoms with van der Waals surface area (Å²) in [6, 6.07) is 0.602. The van der Waals surface area contributed by atoms with Gasteiger partial charge in [0.2, 0.25) is 0 Å². The van der Waals surface area contributed by atoms with Gasteiger partial charge in [-0.3, -0.25) is 4.79 Å². The normalized spacial score (nSPS) is 28.1. The molecule has 1 amide bonds. The second-order valence-electron chi connectivity index (χ2n) is 3.89. The maximum Gasteiger partial charge on any atom is 0.251 e. The molecule has 1 heterocycles. The number of carbonyl (C=O) groups is 1. The summed E-state index contributed by atoms with van der Waals surface area (Å²) in [5.74, 6) is 0.0911. The summed E-state index contributed by atoms with van der Waals surface area (Å²) in [4.78, 5) is 13.8. The highest BCUT2D eigenvalue weighted by Gasteiger charge is 2.30. The maximum atomic E-state index is 11.9. The van der Waals surface area contributed by atoms with E-state index in [4.69, 9.17) is 4.74 Å². The molecule has 1 saturated heterocycles. The van der Waals surface area contributed by atoms with Crippen molar-refractivity contribution in [1.29, 1.82) is 0 Å². The molecule has 0 aromatic rings. The van der Waals surface area contributed by atoms with Gasteiger partial charge in [0.1, 0.15) is 6.10 Å². The highest BCUT2D eigenvalue weighted by Crippen LogP contribution is 2.11. The van der Waals surface area contributed by atoms with E-state index in [-0.39, 0.29) is 30.5 Å². The van der Waals surface area contributed by atoms with Crippen molar-refractivity contribution < 1.29 is 9.53 Å². The minimum Gasteiger partial charge on any atom is -0.372 e. The van der Waals surface area contributed by atoms with Crippen LogP contribution in [-0.2, 0) is 9.53 Å². The van der Waals surface area contributed by atoms with Crippen molar-refractivity contribution in [1.82, 2.24) is 10.2 Å². The summed E-state index contributed by atoms with van der Waals surface area (Å²) in [7, 11) is 1.57. The molecule has 1 aliphatic heterocycles. The average molecular weight is 237 g/mol. The fourth-order valence-electron chi connectivity index (χ4n) is 1.70. The van der Waals surface area contributed by atoms with Gasteiger partial charge in [0.05, 0.1) is 0 Å². The van der Waals surface area contributed by atoms with Gasteiger partial charge in [0, 0.05) is 32.3 Å². The summed E-state index contributed by atoms with van der Waals surface area (Å²) in [5.41, 5.74) is 0. The largest absolute Gasteiger partial charge is 0.372 e. The quantitative estimate of drug-likeness (QED) is 0.766. The number of nitrogens with zero attached hydrogens (tertiary/aromatic N) is 1. The van der Waals surface area contributed by atoms with Gasteiger partial charge in [-0.25, -0.2) is 0 Å². The molecule has 0 bridgehead atoms. The van der Waals surface area contributed by atoms with Crippen molar-refractivity contribution in [2.75, 3.05) is 20.2 Å². The van der Waals surface area contributed by atoms with E-state index in [2.05, 4.69) is 19.2 Å². The number of amides is 1. The molecule has 0 spiro atoms. The van der Waals surface area contributed by atoms with E-state index in [1.54, 1.807) is 14.0 Å². The molecule has 0 radical (unpaired) electrons. The summed E-state index contributed by atoms with van der Waals surface area (Å²) < 4.78 is 5.04. The van der Waals surface area contributed by atoms with Crippen LogP contribution in [0.3, 0.4) is 0 Å². The molecule has 4 nitrogen and oxygen atoms in total. The molecule has 0 saturated carbocycles. The Bertz CT molecular complexity index is 214. The molecular weight excluding hydrogens is 216 g/mol. The highest BCUT2D eigenvalue weighted by atomic mass is 35.5. The van der Waals surface area contributed by atoms with Crippen molar-refractivity contribution in [2.45, 2.75) is 39.0 Å². The number of methoxy groups -OCH3 is 1. The second kappa shape index (κ2) is 6.30. The number of ether oxygens (including phenoxy) is 1. The van der Waals surface area contributed by atoms with Gasteiger partial charge in [0.25, 0.3) is 5.91 Å². The minimum absolute atomic E-state index is 0. The third-order valence-corrected chi connectivity index (χ3v) is 3.02. The molecule has 0 aromatic carbocycles. The number of nitrogens with one attached hydrogen (secondary N) is 1. The lowest BCUT2D eigenvalue weighted by atomic mass is 10.1. The molecule has 1 fully saturated rings. The van der Waals surface area contributed by atoms with Gasteiger partial charge in [-0.05, 0) is 20.8 Å². The topological polar surface area (TPSA) is 41.6 Å². The zero-order valence-corrected chi connectivity index (χ0v) is 10.6. The molecule has 0 aliphatic carbocycles. The van der Waals surface area contributed by atoms with Crippen LogP contribution in [0.1, 0.15) is 20.8 Å². The molecule has 15 heavy (non-hydrogen) atoms. The zero-order valence-electron chi connectivity index (χ0n) is 9.82. The molecule has 3 unspecified atom stereocenters. The van der Waals surface area contributed by atoms with E-state index in [9.17, 15) is 4.79 Å². The first-order valence-electron chi connectivity index (χ1n) is 5.14. The van der Waals surface area contributed by atoms with Crippen LogP contribution in [-0.4, -0.2) is 49.2 Å². The van der Waals surface area contributed by atoms with E-state index in [1.807, 2.05) is 4.90 Å². The first-order chi connectivity index (χ1) is 6.57. The van der Waals surface area contributed by atoms with Crippen LogP contribution in [0.4, 0.5) is 0 Å². The monoisotopic (exact) mass is 236 g/mol. The van der Waals surface area contributed by atoms with Crippen molar-refractivity contribution in [2.24, 2.45) is 0 Å². The summed E-state index contributed by atoms with van der Waals surface area (Å²) >= 11 is 0. The van der Waals surface area contributed by atoms with Crippen LogP contribution >= 0.6 is 12.4 Å². The number of carbonyl (C=O) groups excluding carboxylic acids is 1. The van der Waals surface area contributed by atoms with Crippen molar-refractivity contribution in [3.63, 3.8) is 0 Å². The van der Waals surface area contributed by atoms with Gasteiger partial charge in [0.15, 0.2) is 0 Å². The van der Waals surface area contributed by atoms with Gasteiger partial charge < -0.3 is 15.0 Å². The summed E-state index contributed by atoms with van der Waals surface area (Å²) in [6.45, 7) is 7.60. The van der Waals surface area contributed by atoms with Gasteiger partial charge in [-0.2, -0.15) is 0 Å². The summed E-state index contributed by atoms with van der Waals surface area (Å²) in [6.07, 6.45) is -0.331.